The second-order valence-corrected chi connectivity index (χ2v) is 6.45. The highest BCUT2D eigenvalue weighted by Crippen LogP contribution is 2.12. The first-order valence-electron chi connectivity index (χ1n) is 7.86. The van der Waals surface area contributed by atoms with E-state index in [4.69, 9.17) is 4.74 Å². The molecule has 1 atom stereocenters. The number of carbonyl (C=O) groups excluding carboxylic acids is 3. The number of amides is 1. The molecular weight excluding hydrogens is 310 g/mol. The number of esters is 1. The molecule has 0 aliphatic rings. The van der Waals surface area contributed by atoms with E-state index in [2.05, 4.69) is 10.1 Å². The Balaban J connectivity index is 2.71. The zero-order chi connectivity index (χ0) is 18.2. The van der Waals surface area contributed by atoms with Crippen LogP contribution in [0.5, 0.6) is 0 Å². The molecule has 0 spiro atoms. The number of ketones is 1. The molecular formula is C18H25NO5. The molecule has 0 fully saturated rings. The van der Waals surface area contributed by atoms with Crippen molar-refractivity contribution < 1.29 is 23.9 Å². The zero-order valence-corrected chi connectivity index (χ0v) is 14.6. The van der Waals surface area contributed by atoms with E-state index in [0.717, 1.165) is 0 Å². The van der Waals surface area contributed by atoms with Crippen molar-refractivity contribution >= 4 is 17.8 Å². The topological polar surface area (TPSA) is 81.7 Å². The van der Waals surface area contributed by atoms with E-state index in [1.54, 1.807) is 45.0 Å². The van der Waals surface area contributed by atoms with Crippen LogP contribution in [0.15, 0.2) is 30.3 Å². The number of hydrogen-bond donors (Lipinski definition) is 1. The van der Waals surface area contributed by atoms with Crippen molar-refractivity contribution in [3.63, 3.8) is 0 Å². The van der Waals surface area contributed by atoms with Gasteiger partial charge in [-0.25, -0.2) is 4.79 Å². The Morgan fingerprint density at radius 2 is 1.75 bits per heavy atom. The van der Waals surface area contributed by atoms with Crippen molar-refractivity contribution in [3.05, 3.63) is 35.9 Å². The first-order chi connectivity index (χ1) is 11.2. The lowest BCUT2D eigenvalue weighted by Crippen LogP contribution is -2.40. The van der Waals surface area contributed by atoms with Crippen LogP contribution in [0, 0.1) is 0 Å². The molecule has 6 heteroatoms. The molecule has 1 N–H and O–H groups in total. The molecule has 0 radical (unpaired) electrons. The Hall–Kier alpha value is -2.37. The number of carbonyl (C=O) groups is 3. The minimum absolute atomic E-state index is 0.0836. The van der Waals surface area contributed by atoms with E-state index < -0.39 is 23.7 Å². The smallest absolute Gasteiger partial charge is 0.407 e. The molecule has 0 unspecified atom stereocenters. The fourth-order valence-electron chi connectivity index (χ4n) is 2.06. The Kier molecular flexibility index (Phi) is 7.42. The molecule has 1 amide bonds. The highest BCUT2D eigenvalue weighted by atomic mass is 16.6. The fraction of sp³-hybridized carbons (Fsp3) is 0.500. The monoisotopic (exact) mass is 335 g/mol. The largest absolute Gasteiger partial charge is 0.469 e. The molecule has 24 heavy (non-hydrogen) atoms. The van der Waals surface area contributed by atoms with Crippen LogP contribution in [0.2, 0.25) is 0 Å². The predicted octanol–water partition coefficient (Wildman–Crippen LogP) is 3.11. The molecule has 0 bridgehead atoms. The Labute approximate surface area is 142 Å². The summed E-state index contributed by atoms with van der Waals surface area (Å²) < 4.78 is 9.82. The normalized spacial score (nSPS) is 12.2. The van der Waals surface area contributed by atoms with Crippen LogP contribution in [0.4, 0.5) is 4.79 Å². The summed E-state index contributed by atoms with van der Waals surface area (Å²) in [4.78, 5) is 35.6. The average molecular weight is 335 g/mol. The standard InChI is InChI=1S/C18H25NO5/c1-18(2,3)24-17(22)19-14(10-11-16(21)23-4)12-15(20)13-8-6-5-7-9-13/h5-9,14H,10-12H2,1-4H3,(H,19,22)/t14-/m0/s1. The quantitative estimate of drug-likeness (QED) is 0.611. The number of ether oxygens (including phenoxy) is 2. The maximum Gasteiger partial charge on any atom is 0.407 e. The number of nitrogens with one attached hydrogen (secondary N) is 1. The lowest BCUT2D eigenvalue weighted by molar-refractivity contribution is -0.140. The summed E-state index contributed by atoms with van der Waals surface area (Å²) in [6.07, 6.45) is -0.123. The third kappa shape index (κ3) is 7.76. The number of rotatable bonds is 7. The summed E-state index contributed by atoms with van der Waals surface area (Å²) in [6, 6.07) is 8.30. The van der Waals surface area contributed by atoms with E-state index in [1.165, 1.54) is 7.11 Å². The molecule has 132 valence electrons. The lowest BCUT2D eigenvalue weighted by atomic mass is 10.0. The van der Waals surface area contributed by atoms with Gasteiger partial charge in [0, 0.05) is 24.4 Å². The molecule has 0 saturated carbocycles. The Morgan fingerprint density at radius 3 is 2.29 bits per heavy atom. The number of alkyl carbamates (subject to hydrolysis) is 1. The number of methoxy groups -OCH3 is 1. The van der Waals surface area contributed by atoms with Gasteiger partial charge in [0.25, 0.3) is 0 Å². The minimum Gasteiger partial charge on any atom is -0.469 e. The third-order valence-corrected chi connectivity index (χ3v) is 3.17. The minimum atomic E-state index is -0.638. The average Bonchev–Trinajstić information content (AvgIpc) is 2.51. The summed E-state index contributed by atoms with van der Waals surface area (Å²) in [6.45, 7) is 5.27. The molecule has 0 heterocycles. The van der Waals surface area contributed by atoms with Crippen LogP contribution in [0.1, 0.15) is 50.4 Å². The van der Waals surface area contributed by atoms with Crippen LogP contribution in [-0.2, 0) is 14.3 Å². The lowest BCUT2D eigenvalue weighted by Gasteiger charge is -2.23. The van der Waals surface area contributed by atoms with Gasteiger partial charge in [-0.15, -0.1) is 0 Å². The Morgan fingerprint density at radius 1 is 1.12 bits per heavy atom. The molecule has 1 rings (SSSR count). The number of hydrogen-bond acceptors (Lipinski definition) is 5. The van der Waals surface area contributed by atoms with E-state index in [1.807, 2.05) is 6.07 Å². The molecule has 1 aromatic rings. The van der Waals surface area contributed by atoms with E-state index in [9.17, 15) is 14.4 Å². The van der Waals surface area contributed by atoms with Gasteiger partial charge in [-0.2, -0.15) is 0 Å². The van der Waals surface area contributed by atoms with Crippen molar-refractivity contribution in [1.82, 2.24) is 5.32 Å². The SMILES string of the molecule is COC(=O)CC[C@@H](CC(=O)c1ccccc1)NC(=O)OC(C)(C)C. The number of Topliss-reactive ketones (excluding diaryl/α,β-unsaturated/α-hetero) is 1. The zero-order valence-electron chi connectivity index (χ0n) is 14.6. The molecule has 0 aliphatic carbocycles. The van der Waals surface area contributed by atoms with Gasteiger partial charge in [0.15, 0.2) is 5.78 Å². The summed E-state index contributed by atoms with van der Waals surface area (Å²) in [5.41, 5.74) is -0.0768. The summed E-state index contributed by atoms with van der Waals surface area (Å²) in [7, 11) is 1.30. The third-order valence-electron chi connectivity index (χ3n) is 3.17. The second-order valence-electron chi connectivity index (χ2n) is 6.45. The van der Waals surface area contributed by atoms with Crippen molar-refractivity contribution in [2.75, 3.05) is 7.11 Å². The van der Waals surface area contributed by atoms with Crippen LogP contribution in [-0.4, -0.2) is 36.6 Å². The van der Waals surface area contributed by atoms with Gasteiger partial charge >= 0.3 is 12.1 Å². The highest BCUT2D eigenvalue weighted by Gasteiger charge is 2.22. The van der Waals surface area contributed by atoms with Crippen molar-refractivity contribution in [3.8, 4) is 0 Å². The van der Waals surface area contributed by atoms with E-state index >= 15 is 0 Å². The van der Waals surface area contributed by atoms with Gasteiger partial charge in [0.2, 0.25) is 0 Å². The van der Waals surface area contributed by atoms with E-state index in [-0.39, 0.29) is 18.6 Å². The fourth-order valence-corrected chi connectivity index (χ4v) is 2.06. The van der Waals surface area contributed by atoms with E-state index in [0.29, 0.717) is 12.0 Å². The molecule has 0 aromatic heterocycles. The van der Waals surface area contributed by atoms with Gasteiger partial charge < -0.3 is 14.8 Å². The summed E-state index contributed by atoms with van der Waals surface area (Å²) in [5.74, 6) is -0.500. The molecule has 0 saturated heterocycles. The predicted molar refractivity (Wildman–Crippen MR) is 89.8 cm³/mol. The van der Waals surface area contributed by atoms with Crippen molar-refractivity contribution in [2.24, 2.45) is 0 Å². The summed E-state index contributed by atoms with van der Waals surface area (Å²) >= 11 is 0. The van der Waals surface area contributed by atoms with Crippen LogP contribution in [0.25, 0.3) is 0 Å². The highest BCUT2D eigenvalue weighted by molar-refractivity contribution is 5.96. The molecule has 1 aromatic carbocycles. The van der Waals surface area contributed by atoms with Gasteiger partial charge in [0.05, 0.1) is 7.11 Å². The Bertz CT molecular complexity index is 563. The van der Waals surface area contributed by atoms with Crippen molar-refractivity contribution in [1.29, 1.82) is 0 Å². The summed E-state index contributed by atoms with van der Waals surface area (Å²) in [5, 5.41) is 2.66. The number of benzene rings is 1. The first-order valence-corrected chi connectivity index (χ1v) is 7.86. The van der Waals surface area contributed by atoms with Crippen molar-refractivity contribution in [2.45, 2.75) is 51.7 Å². The second kappa shape index (κ2) is 9.05. The van der Waals surface area contributed by atoms with Gasteiger partial charge in [-0.05, 0) is 27.2 Å². The van der Waals surface area contributed by atoms with Crippen LogP contribution >= 0.6 is 0 Å². The van der Waals surface area contributed by atoms with Crippen LogP contribution < -0.4 is 5.32 Å². The van der Waals surface area contributed by atoms with Gasteiger partial charge in [-0.3, -0.25) is 9.59 Å². The maximum absolute atomic E-state index is 12.3. The van der Waals surface area contributed by atoms with Crippen LogP contribution in [0.3, 0.4) is 0 Å². The molecule has 6 nitrogen and oxygen atoms in total. The molecule has 0 aliphatic heterocycles. The maximum atomic E-state index is 12.3. The van der Waals surface area contributed by atoms with Gasteiger partial charge in [-0.1, -0.05) is 30.3 Å². The van der Waals surface area contributed by atoms with Gasteiger partial charge in [0.1, 0.15) is 5.60 Å². The first kappa shape index (κ1) is 19.7.